The van der Waals surface area contributed by atoms with E-state index in [4.69, 9.17) is 21.1 Å². The maximum atomic E-state index is 13.7. The van der Waals surface area contributed by atoms with Crippen LogP contribution in [0.1, 0.15) is 56.4 Å². The molecule has 0 aliphatic carbocycles. The largest absolute Gasteiger partial charge is 0.443 e. The van der Waals surface area contributed by atoms with Crippen molar-refractivity contribution in [3.63, 3.8) is 0 Å². The minimum atomic E-state index is -1.20. The molecule has 0 aromatic heterocycles. The molecule has 5 heteroatoms. The molecule has 1 heterocycles. The minimum Gasteiger partial charge on any atom is -0.443 e. The standard InChI is InChI=1S/C30H34ClNO3/c1-5-21-15-17-23(18-16-21)30(22-11-7-6-8-12-22,25-13-9-10-14-26(25)31)35-28(33)27-19-24(20-32-27)34-29(2,3)4/h6-18,24,27,32H,5,19-20H2,1-4H3/t24?,27-,30?/m0/s1. The Balaban J connectivity index is 1.79. The van der Waals surface area contributed by atoms with Gasteiger partial charge in [-0.15, -0.1) is 0 Å². The molecule has 4 rings (SSSR count). The second kappa shape index (κ2) is 10.5. The van der Waals surface area contributed by atoms with Crippen LogP contribution in [0.3, 0.4) is 0 Å². The van der Waals surface area contributed by atoms with Gasteiger partial charge in [-0.05, 0) is 38.8 Å². The summed E-state index contributed by atoms with van der Waals surface area (Å²) >= 11 is 6.78. The van der Waals surface area contributed by atoms with Crippen LogP contribution in [0.4, 0.5) is 0 Å². The number of aryl methyl sites for hydroxylation is 1. The van der Waals surface area contributed by atoms with Gasteiger partial charge in [-0.2, -0.15) is 0 Å². The Kier molecular flexibility index (Phi) is 7.65. The van der Waals surface area contributed by atoms with E-state index >= 15 is 0 Å². The van der Waals surface area contributed by atoms with Gasteiger partial charge in [-0.1, -0.05) is 91.3 Å². The van der Waals surface area contributed by atoms with Crippen molar-refractivity contribution in [2.45, 2.75) is 63.9 Å². The van der Waals surface area contributed by atoms with Gasteiger partial charge in [0.15, 0.2) is 5.60 Å². The lowest BCUT2D eigenvalue weighted by Gasteiger charge is -2.36. The van der Waals surface area contributed by atoms with Gasteiger partial charge in [0.1, 0.15) is 6.04 Å². The van der Waals surface area contributed by atoms with Crippen molar-refractivity contribution in [2.75, 3.05) is 6.54 Å². The predicted molar refractivity (Wildman–Crippen MR) is 141 cm³/mol. The lowest BCUT2D eigenvalue weighted by Crippen LogP contribution is -2.42. The van der Waals surface area contributed by atoms with Crippen molar-refractivity contribution in [1.82, 2.24) is 5.32 Å². The van der Waals surface area contributed by atoms with Crippen molar-refractivity contribution in [3.05, 3.63) is 106 Å². The number of carbonyl (C=O) groups excluding carboxylic acids is 1. The molecule has 0 spiro atoms. The summed E-state index contributed by atoms with van der Waals surface area (Å²) in [6.07, 6.45) is 1.42. The van der Waals surface area contributed by atoms with Crippen LogP contribution in [0, 0.1) is 0 Å². The molecule has 1 aliphatic rings. The van der Waals surface area contributed by atoms with E-state index in [1.165, 1.54) is 5.56 Å². The van der Waals surface area contributed by atoms with E-state index in [1.807, 2.05) is 87.5 Å². The first-order valence-corrected chi connectivity index (χ1v) is 12.6. The minimum absolute atomic E-state index is 0.0529. The number of ether oxygens (including phenoxy) is 2. The molecule has 3 aromatic rings. The van der Waals surface area contributed by atoms with Crippen molar-refractivity contribution in [1.29, 1.82) is 0 Å². The summed E-state index contributed by atoms with van der Waals surface area (Å²) in [7, 11) is 0. The van der Waals surface area contributed by atoms with E-state index in [0.29, 0.717) is 18.0 Å². The molecular formula is C30H34ClNO3. The van der Waals surface area contributed by atoms with Crippen molar-refractivity contribution >= 4 is 17.6 Å². The first kappa shape index (κ1) is 25.4. The number of halogens is 1. The third-order valence-electron chi connectivity index (χ3n) is 6.35. The third kappa shape index (κ3) is 5.61. The van der Waals surface area contributed by atoms with Gasteiger partial charge in [0.2, 0.25) is 0 Å². The summed E-state index contributed by atoms with van der Waals surface area (Å²) in [6, 6.07) is 25.2. The topological polar surface area (TPSA) is 47.6 Å². The highest BCUT2D eigenvalue weighted by atomic mass is 35.5. The second-order valence-electron chi connectivity index (χ2n) is 10.0. The lowest BCUT2D eigenvalue weighted by molar-refractivity contribution is -0.156. The molecule has 0 bridgehead atoms. The first-order valence-electron chi connectivity index (χ1n) is 12.3. The van der Waals surface area contributed by atoms with Crippen LogP contribution in [0.25, 0.3) is 0 Å². The fourth-order valence-corrected chi connectivity index (χ4v) is 5.01. The summed E-state index contributed by atoms with van der Waals surface area (Å²) in [5, 5.41) is 3.85. The summed E-state index contributed by atoms with van der Waals surface area (Å²) in [5.41, 5.74) is 2.14. The van der Waals surface area contributed by atoms with Gasteiger partial charge in [0.25, 0.3) is 0 Å². The van der Waals surface area contributed by atoms with E-state index in [0.717, 1.165) is 23.1 Å². The van der Waals surface area contributed by atoms with Crippen LogP contribution in [-0.4, -0.2) is 30.3 Å². The normalized spacial score (nSPS) is 19.8. The molecule has 4 nitrogen and oxygen atoms in total. The van der Waals surface area contributed by atoms with E-state index < -0.39 is 11.6 Å². The molecule has 184 valence electrons. The zero-order chi connectivity index (χ0) is 25.1. The Labute approximate surface area is 213 Å². The van der Waals surface area contributed by atoms with Crippen molar-refractivity contribution < 1.29 is 14.3 Å². The van der Waals surface area contributed by atoms with E-state index in [-0.39, 0.29) is 17.7 Å². The average Bonchev–Trinajstić information content (AvgIpc) is 3.30. The highest BCUT2D eigenvalue weighted by molar-refractivity contribution is 6.31. The molecule has 1 aliphatic heterocycles. The molecular weight excluding hydrogens is 458 g/mol. The maximum absolute atomic E-state index is 13.7. The van der Waals surface area contributed by atoms with Crippen LogP contribution in [0.15, 0.2) is 78.9 Å². The van der Waals surface area contributed by atoms with Crippen LogP contribution in [0.2, 0.25) is 5.02 Å². The van der Waals surface area contributed by atoms with E-state index in [9.17, 15) is 4.79 Å². The number of rotatable bonds is 7. The molecule has 0 saturated carbocycles. The SMILES string of the molecule is CCc1ccc(C(OC(=O)[C@@H]2CC(OC(C)(C)C)CN2)(c2ccccc2)c2ccccc2Cl)cc1. The van der Waals surface area contributed by atoms with Gasteiger partial charge < -0.3 is 14.8 Å². The fraction of sp³-hybridized carbons (Fsp3) is 0.367. The van der Waals surface area contributed by atoms with Gasteiger partial charge in [0.05, 0.1) is 11.7 Å². The average molecular weight is 492 g/mol. The predicted octanol–water partition coefficient (Wildman–Crippen LogP) is 6.28. The Hall–Kier alpha value is -2.66. The summed E-state index contributed by atoms with van der Waals surface area (Å²) in [4.78, 5) is 13.7. The number of hydrogen-bond acceptors (Lipinski definition) is 4. The van der Waals surface area contributed by atoms with Crippen molar-refractivity contribution in [3.8, 4) is 0 Å². The molecule has 3 atom stereocenters. The fourth-order valence-electron chi connectivity index (χ4n) is 4.74. The van der Waals surface area contributed by atoms with Crippen LogP contribution in [0.5, 0.6) is 0 Å². The monoisotopic (exact) mass is 491 g/mol. The van der Waals surface area contributed by atoms with E-state index in [2.05, 4.69) is 24.4 Å². The molecule has 35 heavy (non-hydrogen) atoms. The van der Waals surface area contributed by atoms with Gasteiger partial charge in [-0.25, -0.2) is 0 Å². The third-order valence-corrected chi connectivity index (χ3v) is 6.68. The second-order valence-corrected chi connectivity index (χ2v) is 10.5. The number of nitrogens with one attached hydrogen (secondary N) is 1. The zero-order valence-electron chi connectivity index (χ0n) is 20.9. The number of carbonyl (C=O) groups is 1. The van der Waals surface area contributed by atoms with Crippen LogP contribution >= 0.6 is 11.6 Å². The van der Waals surface area contributed by atoms with Gasteiger partial charge in [-0.3, -0.25) is 4.79 Å². The van der Waals surface area contributed by atoms with Crippen LogP contribution in [-0.2, 0) is 26.3 Å². The Morgan fingerprint density at radius 1 is 0.943 bits per heavy atom. The van der Waals surface area contributed by atoms with Gasteiger partial charge in [0, 0.05) is 34.7 Å². The Morgan fingerprint density at radius 2 is 1.57 bits per heavy atom. The van der Waals surface area contributed by atoms with Crippen LogP contribution < -0.4 is 5.32 Å². The Morgan fingerprint density at radius 3 is 2.20 bits per heavy atom. The first-order chi connectivity index (χ1) is 16.7. The van der Waals surface area contributed by atoms with E-state index in [1.54, 1.807) is 0 Å². The molecule has 2 unspecified atom stereocenters. The number of esters is 1. The highest BCUT2D eigenvalue weighted by Crippen LogP contribution is 2.44. The number of hydrogen-bond donors (Lipinski definition) is 1. The molecule has 1 fully saturated rings. The summed E-state index contributed by atoms with van der Waals surface area (Å²) in [6.45, 7) is 8.80. The zero-order valence-corrected chi connectivity index (χ0v) is 21.6. The number of benzene rings is 3. The molecule has 0 radical (unpaired) electrons. The molecule has 1 saturated heterocycles. The van der Waals surface area contributed by atoms with Gasteiger partial charge >= 0.3 is 5.97 Å². The summed E-state index contributed by atoms with van der Waals surface area (Å²) < 4.78 is 12.7. The smallest absolute Gasteiger partial charge is 0.324 e. The molecule has 1 N–H and O–H groups in total. The quantitative estimate of drug-likeness (QED) is 0.312. The Bertz CT molecular complexity index is 1140. The van der Waals surface area contributed by atoms with Crippen molar-refractivity contribution in [2.24, 2.45) is 0 Å². The maximum Gasteiger partial charge on any atom is 0.324 e. The summed E-state index contributed by atoms with van der Waals surface area (Å²) in [5.74, 6) is -0.326. The highest BCUT2D eigenvalue weighted by Gasteiger charge is 2.44. The molecule has 0 amide bonds. The molecule has 3 aromatic carbocycles. The lowest BCUT2D eigenvalue weighted by atomic mass is 9.79.